The van der Waals surface area contributed by atoms with Crippen molar-refractivity contribution in [1.82, 2.24) is 10.6 Å². The number of hydrogen-bond donors (Lipinski definition) is 2. The molecule has 0 aromatic heterocycles. The molecule has 1 saturated heterocycles. The number of nitrogens with one attached hydrogen (secondary N) is 2. The van der Waals surface area contributed by atoms with Crippen LogP contribution in [0.3, 0.4) is 0 Å². The molecule has 1 aliphatic heterocycles. The van der Waals surface area contributed by atoms with Crippen LogP contribution in [0, 0.1) is 0 Å². The van der Waals surface area contributed by atoms with Gasteiger partial charge in [0.15, 0.2) is 0 Å². The van der Waals surface area contributed by atoms with Crippen molar-refractivity contribution in [2.45, 2.75) is 6.42 Å². The van der Waals surface area contributed by atoms with E-state index in [4.69, 9.17) is 0 Å². The number of carbonyl (C=O) groups excluding carboxylic acids is 3. The zero-order valence-electron chi connectivity index (χ0n) is 5.43. The second-order valence-electron chi connectivity index (χ2n) is 1.60. The predicted molar refractivity (Wildman–Crippen MR) is 32.1 cm³/mol. The van der Waals surface area contributed by atoms with Crippen LogP contribution in [0.25, 0.3) is 0 Å². The smallest absolute Gasteiger partial charge is 0.277 e. The van der Waals surface area contributed by atoms with E-state index in [1.54, 1.807) is 0 Å². The summed E-state index contributed by atoms with van der Waals surface area (Å²) in [6.45, 7) is 0. The van der Waals surface area contributed by atoms with Gasteiger partial charge < -0.3 is 0 Å². The summed E-state index contributed by atoms with van der Waals surface area (Å²) >= 11 is 0. The molecule has 0 saturated carbocycles. The number of imide groups is 2. The van der Waals surface area contributed by atoms with Gasteiger partial charge in [0.25, 0.3) is 0 Å². The summed E-state index contributed by atoms with van der Waals surface area (Å²) in [5, 5.41) is 3.80. The quantitative estimate of drug-likeness (QED) is 0.322. The van der Waals surface area contributed by atoms with Gasteiger partial charge in [-0.3, -0.25) is 20.2 Å². The molecule has 2 N–H and O–H groups in total. The molecule has 6 heteroatoms. The van der Waals surface area contributed by atoms with Crippen LogP contribution >= 0.6 is 0 Å². The summed E-state index contributed by atoms with van der Waals surface area (Å²) in [6.07, 6.45) is -0.258. The van der Waals surface area contributed by atoms with Crippen molar-refractivity contribution in [3.05, 3.63) is 0 Å². The molecule has 4 amide bonds. The van der Waals surface area contributed by atoms with Gasteiger partial charge in [0, 0.05) is 29.6 Å². The summed E-state index contributed by atoms with van der Waals surface area (Å²) in [5.41, 5.74) is 0. The largest absolute Gasteiger partial charge is 0.328 e. The third kappa shape index (κ3) is 2.47. The molecule has 1 heterocycles. The number of urea groups is 1. The fourth-order valence-electron chi connectivity index (χ4n) is 0.519. The van der Waals surface area contributed by atoms with E-state index >= 15 is 0 Å². The first-order valence-corrected chi connectivity index (χ1v) is 2.32. The van der Waals surface area contributed by atoms with Crippen molar-refractivity contribution in [3.8, 4) is 0 Å². The van der Waals surface area contributed by atoms with Crippen molar-refractivity contribution >= 4 is 47.4 Å². The molecule has 1 radical (unpaired) electrons. The summed E-state index contributed by atoms with van der Waals surface area (Å²) in [4.78, 5) is 30.8. The van der Waals surface area contributed by atoms with E-state index in [0.717, 1.165) is 0 Å². The Morgan fingerprint density at radius 2 is 1.40 bits per heavy atom. The molecular formula is C4H4N2NaO3. The molecule has 49 valence electrons. The number of barbiturate groups is 1. The molecule has 0 spiro atoms. The Kier molecular flexibility index (Phi) is 3.55. The molecule has 0 aliphatic carbocycles. The normalized spacial score (nSPS) is 17.0. The summed E-state index contributed by atoms with van der Waals surface area (Å²) in [6, 6.07) is -0.740. The van der Waals surface area contributed by atoms with Gasteiger partial charge in [0.2, 0.25) is 11.8 Å². The maximum absolute atomic E-state index is 10.3. The Morgan fingerprint density at radius 1 is 1.00 bits per heavy atom. The van der Waals surface area contributed by atoms with Crippen LogP contribution < -0.4 is 10.6 Å². The van der Waals surface area contributed by atoms with Crippen LogP contribution in [0.1, 0.15) is 6.42 Å². The zero-order chi connectivity index (χ0) is 6.85. The minimum absolute atomic E-state index is 0. The number of rotatable bonds is 0. The van der Waals surface area contributed by atoms with Crippen molar-refractivity contribution in [2.75, 3.05) is 0 Å². The Balaban J connectivity index is 0.000000810. The topological polar surface area (TPSA) is 75.3 Å². The summed E-state index contributed by atoms with van der Waals surface area (Å²) < 4.78 is 0. The fourth-order valence-corrected chi connectivity index (χ4v) is 0.519. The van der Waals surface area contributed by atoms with Crippen LogP contribution in [0.15, 0.2) is 0 Å². The third-order valence-electron chi connectivity index (χ3n) is 0.827. The van der Waals surface area contributed by atoms with E-state index in [2.05, 4.69) is 0 Å². The van der Waals surface area contributed by atoms with Crippen LogP contribution in [0.2, 0.25) is 0 Å². The number of carbonyl (C=O) groups is 3. The first kappa shape index (κ1) is 9.61. The van der Waals surface area contributed by atoms with Crippen LogP contribution in [0.5, 0.6) is 0 Å². The SMILES string of the molecule is O=C1CC(=O)NC(=O)N1.[Na]. The van der Waals surface area contributed by atoms with Gasteiger partial charge in [-0.05, 0) is 0 Å². The van der Waals surface area contributed by atoms with E-state index < -0.39 is 17.8 Å². The Hall–Kier alpha value is -0.390. The van der Waals surface area contributed by atoms with Crippen molar-refractivity contribution in [3.63, 3.8) is 0 Å². The second kappa shape index (κ2) is 3.70. The number of hydrogen-bond acceptors (Lipinski definition) is 3. The average molecular weight is 151 g/mol. The minimum Gasteiger partial charge on any atom is -0.277 e. The van der Waals surface area contributed by atoms with E-state index in [0.29, 0.717) is 0 Å². The van der Waals surface area contributed by atoms with Gasteiger partial charge >= 0.3 is 6.03 Å². The molecule has 0 bridgehead atoms. The monoisotopic (exact) mass is 151 g/mol. The van der Waals surface area contributed by atoms with Gasteiger partial charge in [-0.15, -0.1) is 0 Å². The van der Waals surface area contributed by atoms with E-state index in [9.17, 15) is 14.4 Å². The predicted octanol–water partition coefficient (Wildman–Crippen LogP) is -1.64. The van der Waals surface area contributed by atoms with Crippen LogP contribution in [0.4, 0.5) is 4.79 Å². The molecule has 1 fully saturated rings. The Labute approximate surface area is 78.8 Å². The van der Waals surface area contributed by atoms with Gasteiger partial charge in [-0.1, -0.05) is 0 Å². The van der Waals surface area contributed by atoms with Crippen molar-refractivity contribution < 1.29 is 14.4 Å². The number of amides is 4. The molecule has 10 heavy (non-hydrogen) atoms. The van der Waals surface area contributed by atoms with Crippen molar-refractivity contribution in [1.29, 1.82) is 0 Å². The molecule has 1 aliphatic rings. The minimum atomic E-state index is -0.740. The van der Waals surface area contributed by atoms with Crippen LogP contribution in [-0.2, 0) is 9.59 Å². The Morgan fingerprint density at radius 3 is 1.70 bits per heavy atom. The fraction of sp³-hybridized carbons (Fsp3) is 0.250. The van der Waals surface area contributed by atoms with E-state index in [1.165, 1.54) is 0 Å². The molecule has 0 aromatic rings. The summed E-state index contributed by atoms with van der Waals surface area (Å²) in [7, 11) is 0. The maximum Gasteiger partial charge on any atom is 0.328 e. The molecule has 1 rings (SSSR count). The van der Waals surface area contributed by atoms with Gasteiger partial charge in [-0.2, -0.15) is 0 Å². The second-order valence-corrected chi connectivity index (χ2v) is 1.60. The molecule has 0 aromatic carbocycles. The third-order valence-corrected chi connectivity index (χ3v) is 0.827. The summed E-state index contributed by atoms with van der Waals surface area (Å²) in [5.74, 6) is -1.10. The molecule has 0 unspecified atom stereocenters. The van der Waals surface area contributed by atoms with Crippen LogP contribution in [-0.4, -0.2) is 47.4 Å². The average Bonchev–Trinajstić information content (AvgIpc) is 1.59. The zero-order valence-corrected chi connectivity index (χ0v) is 7.43. The van der Waals surface area contributed by atoms with E-state index in [1.807, 2.05) is 10.6 Å². The standard InChI is InChI=1S/C4H4N2O3.Na/c7-2-1-3(8)6-4(9)5-2;/h1H2,(H2,5,6,7,8,9);. The van der Waals surface area contributed by atoms with Crippen molar-refractivity contribution in [2.24, 2.45) is 0 Å². The molecular weight excluding hydrogens is 147 g/mol. The van der Waals surface area contributed by atoms with Gasteiger partial charge in [-0.25, -0.2) is 4.79 Å². The first-order valence-electron chi connectivity index (χ1n) is 2.32. The first-order chi connectivity index (χ1) is 4.18. The molecule has 0 atom stereocenters. The van der Waals surface area contributed by atoms with E-state index in [-0.39, 0.29) is 36.0 Å². The molecule has 5 nitrogen and oxygen atoms in total. The van der Waals surface area contributed by atoms with Gasteiger partial charge in [0.05, 0.1) is 0 Å². The Bertz CT molecular complexity index is 146. The maximum atomic E-state index is 10.3. The van der Waals surface area contributed by atoms with Gasteiger partial charge in [0.1, 0.15) is 6.42 Å².